The van der Waals surface area contributed by atoms with Crippen LogP contribution in [0.5, 0.6) is 11.5 Å². The summed E-state index contributed by atoms with van der Waals surface area (Å²) in [6.07, 6.45) is 3.36. The van der Waals surface area contributed by atoms with Crippen molar-refractivity contribution in [2.75, 3.05) is 6.61 Å². The second kappa shape index (κ2) is 8.66. The van der Waals surface area contributed by atoms with Crippen LogP contribution in [0.2, 0.25) is 0 Å². The Morgan fingerprint density at radius 3 is 2.68 bits per heavy atom. The van der Waals surface area contributed by atoms with Crippen molar-refractivity contribution in [2.24, 2.45) is 5.16 Å². The summed E-state index contributed by atoms with van der Waals surface area (Å²) in [5.41, 5.74) is 0.977. The van der Waals surface area contributed by atoms with Crippen molar-refractivity contribution in [3.05, 3.63) is 64.4 Å². The fourth-order valence-electron chi connectivity index (χ4n) is 2.67. The summed E-state index contributed by atoms with van der Waals surface area (Å²) in [7, 11) is 0. The fraction of sp³-hybridized carbons (Fsp3) is 0.200. The molecule has 2 aromatic rings. The quantitative estimate of drug-likeness (QED) is 0.222. The maximum Gasteiger partial charge on any atom is 0.368 e. The van der Waals surface area contributed by atoms with Crippen molar-refractivity contribution in [1.29, 1.82) is 0 Å². The van der Waals surface area contributed by atoms with Gasteiger partial charge in [0.25, 0.3) is 0 Å². The topological polar surface area (TPSA) is 116 Å². The van der Waals surface area contributed by atoms with Crippen molar-refractivity contribution < 1.29 is 29.9 Å². The van der Waals surface area contributed by atoms with Gasteiger partial charge in [0.15, 0.2) is 5.75 Å². The average molecular weight is 384 g/mol. The van der Waals surface area contributed by atoms with E-state index >= 15 is 0 Å². The minimum atomic E-state index is -1.26. The van der Waals surface area contributed by atoms with Gasteiger partial charge in [0.2, 0.25) is 5.69 Å². The highest BCUT2D eigenvalue weighted by Gasteiger charge is 2.27. The van der Waals surface area contributed by atoms with E-state index in [9.17, 15) is 15.1 Å². The van der Waals surface area contributed by atoms with Gasteiger partial charge in [0, 0.05) is 17.2 Å². The van der Waals surface area contributed by atoms with Crippen LogP contribution in [0.3, 0.4) is 0 Å². The molecule has 0 aliphatic carbocycles. The number of carbonyl (C=O) groups is 1. The highest BCUT2D eigenvalue weighted by Crippen LogP contribution is 2.29. The van der Waals surface area contributed by atoms with E-state index in [1.54, 1.807) is 24.3 Å². The summed E-state index contributed by atoms with van der Waals surface area (Å²) < 4.78 is 5.62. The molecule has 0 saturated heterocycles. The number of hydrogen-bond acceptors (Lipinski definition) is 7. The predicted molar refractivity (Wildman–Crippen MR) is 101 cm³/mol. The maximum absolute atomic E-state index is 12.1. The van der Waals surface area contributed by atoms with Crippen molar-refractivity contribution >= 4 is 23.4 Å². The first kappa shape index (κ1) is 19.6. The lowest BCUT2D eigenvalue weighted by molar-refractivity contribution is -0.991. The van der Waals surface area contributed by atoms with Gasteiger partial charge in [-0.05, 0) is 36.8 Å². The lowest BCUT2D eigenvalue weighted by atomic mass is 10.00. The third-order valence-corrected chi connectivity index (χ3v) is 4.19. The number of benzene rings is 2. The molecule has 0 radical (unpaired) electrons. The Hall–Kier alpha value is -3.20. The van der Waals surface area contributed by atoms with Gasteiger partial charge >= 0.3 is 5.97 Å². The standard InChI is InChI=1S/C20H20N2O6/c1-2-3-11-27-15-9-7-13(8-10-15)18-16(20(24)28-21-18)12-14-5-4-6-17(19(14)23)22(25)26/h4-10,12,22-23,25H,2-3,11H2,1H3. The average Bonchev–Trinajstić information content (AvgIpc) is 3.04. The molecule has 3 rings (SSSR count). The number of quaternary nitrogens is 1. The second-order valence-corrected chi connectivity index (χ2v) is 6.15. The summed E-state index contributed by atoms with van der Waals surface area (Å²) in [5.74, 6) is -0.403. The van der Waals surface area contributed by atoms with Gasteiger partial charge < -0.3 is 19.9 Å². The van der Waals surface area contributed by atoms with E-state index in [1.807, 2.05) is 0 Å². The molecule has 1 aliphatic heterocycles. The fourth-order valence-corrected chi connectivity index (χ4v) is 2.67. The van der Waals surface area contributed by atoms with Crippen molar-refractivity contribution in [1.82, 2.24) is 0 Å². The number of nitrogens with one attached hydrogen (secondary N) is 1. The molecule has 0 fully saturated rings. The Kier molecular flexibility index (Phi) is 6.05. The molecule has 1 atom stereocenters. The number of rotatable bonds is 7. The van der Waals surface area contributed by atoms with Gasteiger partial charge in [-0.1, -0.05) is 30.6 Å². The monoisotopic (exact) mass is 384 g/mol. The highest BCUT2D eigenvalue weighted by molar-refractivity contribution is 6.31. The minimum absolute atomic E-state index is 0.123. The van der Waals surface area contributed by atoms with Gasteiger partial charge in [0.05, 0.1) is 12.2 Å². The first-order valence-corrected chi connectivity index (χ1v) is 8.81. The third kappa shape index (κ3) is 4.20. The largest absolute Gasteiger partial charge is 0.595 e. The number of aromatic hydroxyl groups is 1. The molecule has 8 heteroatoms. The van der Waals surface area contributed by atoms with E-state index < -0.39 is 16.9 Å². The summed E-state index contributed by atoms with van der Waals surface area (Å²) >= 11 is 0. The van der Waals surface area contributed by atoms with Crippen LogP contribution in [0.4, 0.5) is 5.69 Å². The second-order valence-electron chi connectivity index (χ2n) is 6.15. The number of unbranched alkanes of at least 4 members (excludes halogenated alkanes) is 1. The number of phenolic OH excluding ortho intramolecular Hbond substituents is 1. The molecule has 0 aromatic heterocycles. The number of carbonyl (C=O) groups excluding carboxylic acids is 1. The van der Waals surface area contributed by atoms with Crippen LogP contribution in [-0.2, 0) is 9.63 Å². The highest BCUT2D eigenvalue weighted by atomic mass is 16.8. The summed E-state index contributed by atoms with van der Waals surface area (Å²) in [6.45, 7) is 2.71. The zero-order valence-corrected chi connectivity index (χ0v) is 15.2. The van der Waals surface area contributed by atoms with Crippen LogP contribution in [0, 0.1) is 5.21 Å². The van der Waals surface area contributed by atoms with Gasteiger partial charge in [0.1, 0.15) is 11.5 Å². The Balaban J connectivity index is 1.88. The molecule has 0 amide bonds. The zero-order chi connectivity index (χ0) is 20.1. The molecule has 1 aliphatic rings. The lowest BCUT2D eigenvalue weighted by Gasteiger charge is -2.13. The molecule has 0 bridgehead atoms. The van der Waals surface area contributed by atoms with Crippen LogP contribution in [0.25, 0.3) is 6.08 Å². The summed E-state index contributed by atoms with van der Waals surface area (Å²) in [4.78, 5) is 16.9. The molecule has 28 heavy (non-hydrogen) atoms. The van der Waals surface area contributed by atoms with Crippen molar-refractivity contribution in [3.8, 4) is 11.5 Å². The molecule has 8 nitrogen and oxygen atoms in total. The Bertz CT molecular complexity index is 919. The number of para-hydroxylation sites is 1. The van der Waals surface area contributed by atoms with Crippen LogP contribution in [0.1, 0.15) is 30.9 Å². The molecule has 2 aromatic carbocycles. The first-order chi connectivity index (χ1) is 13.5. The Labute approximate surface area is 161 Å². The number of oxime groups is 1. The van der Waals surface area contributed by atoms with E-state index in [1.165, 1.54) is 24.3 Å². The van der Waals surface area contributed by atoms with Gasteiger partial charge in [-0.2, -0.15) is 5.23 Å². The van der Waals surface area contributed by atoms with Crippen molar-refractivity contribution in [3.63, 3.8) is 0 Å². The molecule has 3 N–H and O–H groups in total. The van der Waals surface area contributed by atoms with Crippen LogP contribution < -0.4 is 9.96 Å². The number of ether oxygens (including phenoxy) is 1. The van der Waals surface area contributed by atoms with Gasteiger partial charge in [-0.15, -0.1) is 0 Å². The number of phenols is 1. The molecular formula is C20H20N2O6. The SMILES string of the molecule is CCCCOc1ccc(C2=NOC(=O)C2=Cc2cccc([NH+]([O-])O)c2O)cc1. The smallest absolute Gasteiger partial charge is 0.368 e. The zero-order valence-electron chi connectivity index (χ0n) is 15.2. The predicted octanol–water partition coefficient (Wildman–Crippen LogP) is 2.32. The van der Waals surface area contributed by atoms with E-state index in [0.29, 0.717) is 23.6 Å². The first-order valence-electron chi connectivity index (χ1n) is 8.81. The maximum atomic E-state index is 12.1. The van der Waals surface area contributed by atoms with E-state index in [0.717, 1.165) is 12.8 Å². The number of nitrogens with zero attached hydrogens (tertiary/aromatic N) is 1. The summed E-state index contributed by atoms with van der Waals surface area (Å²) in [6, 6.07) is 11.3. The van der Waals surface area contributed by atoms with Crippen LogP contribution in [-0.4, -0.2) is 28.6 Å². The number of hydrogen-bond donors (Lipinski definition) is 3. The van der Waals surface area contributed by atoms with Gasteiger partial charge in [-0.25, -0.2) is 10.0 Å². The normalized spacial score (nSPS) is 16.0. The minimum Gasteiger partial charge on any atom is -0.595 e. The third-order valence-electron chi connectivity index (χ3n) is 4.19. The van der Waals surface area contributed by atoms with Crippen molar-refractivity contribution in [2.45, 2.75) is 19.8 Å². The molecule has 1 heterocycles. The van der Waals surface area contributed by atoms with Gasteiger partial charge in [-0.3, -0.25) is 0 Å². The lowest BCUT2D eigenvalue weighted by Crippen LogP contribution is -2.99. The molecule has 0 spiro atoms. The Morgan fingerprint density at radius 1 is 1.25 bits per heavy atom. The Morgan fingerprint density at radius 2 is 2.00 bits per heavy atom. The molecule has 0 saturated carbocycles. The van der Waals surface area contributed by atoms with Crippen LogP contribution in [0.15, 0.2) is 53.2 Å². The molecular weight excluding hydrogens is 364 g/mol. The summed E-state index contributed by atoms with van der Waals surface area (Å²) in [5, 5.41) is 33.0. The molecule has 146 valence electrons. The molecule has 1 unspecified atom stereocenters. The van der Waals surface area contributed by atoms with E-state index in [2.05, 4.69) is 12.1 Å². The van der Waals surface area contributed by atoms with Crippen LogP contribution >= 0.6 is 0 Å². The van der Waals surface area contributed by atoms with E-state index in [4.69, 9.17) is 14.8 Å². The van der Waals surface area contributed by atoms with E-state index in [-0.39, 0.29) is 16.8 Å².